The molecule has 3 N–H and O–H groups in total. The molecule has 1 aliphatic heterocycles. The Morgan fingerprint density at radius 3 is 2.74 bits per heavy atom. The molecule has 4 aromatic rings. The Hall–Kier alpha value is -3.71. The number of likely N-dealkylation sites (tertiary alicyclic amines) is 1. The number of amides is 1. The Labute approximate surface area is 198 Å². The molecule has 6 nitrogen and oxygen atoms in total. The number of carbonyl (C=O) groups excluding carboxylic acids is 1. The van der Waals surface area contributed by atoms with Crippen molar-refractivity contribution in [1.29, 1.82) is 0 Å². The van der Waals surface area contributed by atoms with E-state index in [9.17, 15) is 9.18 Å². The van der Waals surface area contributed by atoms with Crippen molar-refractivity contribution in [1.82, 2.24) is 20.4 Å². The second-order valence-corrected chi connectivity index (χ2v) is 9.03. The predicted octanol–water partition coefficient (Wildman–Crippen LogP) is 5.32. The molecule has 1 aromatic heterocycles. The van der Waals surface area contributed by atoms with Crippen LogP contribution in [0.25, 0.3) is 10.9 Å². The van der Waals surface area contributed by atoms with Gasteiger partial charge in [-0.05, 0) is 74.8 Å². The number of benzene rings is 3. The van der Waals surface area contributed by atoms with Gasteiger partial charge in [0.05, 0.1) is 22.9 Å². The molecule has 0 spiro atoms. The number of H-pyrrole nitrogens is 1. The van der Waals surface area contributed by atoms with Crippen LogP contribution in [0.4, 0.5) is 15.8 Å². The Kier molecular flexibility index (Phi) is 6.02. The lowest BCUT2D eigenvalue weighted by molar-refractivity contribution is 0.0887. The summed E-state index contributed by atoms with van der Waals surface area (Å²) in [5.74, 6) is -0.322. The number of aryl methyl sites for hydroxylation is 1. The van der Waals surface area contributed by atoms with Crippen LogP contribution in [-0.4, -0.2) is 40.6 Å². The van der Waals surface area contributed by atoms with Crippen LogP contribution in [0.15, 0.2) is 66.7 Å². The fourth-order valence-corrected chi connectivity index (χ4v) is 4.65. The van der Waals surface area contributed by atoms with E-state index >= 15 is 0 Å². The average molecular weight is 458 g/mol. The summed E-state index contributed by atoms with van der Waals surface area (Å²) in [4.78, 5) is 14.9. The Bertz CT molecular complexity index is 1320. The minimum absolute atomic E-state index is 0.0394. The van der Waals surface area contributed by atoms with Crippen LogP contribution >= 0.6 is 0 Å². The quantitative estimate of drug-likeness (QED) is 0.379. The van der Waals surface area contributed by atoms with Crippen molar-refractivity contribution in [2.24, 2.45) is 0 Å². The number of anilines is 2. The van der Waals surface area contributed by atoms with Gasteiger partial charge < -0.3 is 10.6 Å². The normalized spacial score (nSPS) is 18.7. The third kappa shape index (κ3) is 4.52. The van der Waals surface area contributed by atoms with E-state index in [-0.39, 0.29) is 23.8 Å². The van der Waals surface area contributed by atoms with E-state index in [1.165, 1.54) is 6.07 Å². The van der Waals surface area contributed by atoms with Gasteiger partial charge in [-0.3, -0.25) is 14.8 Å². The number of halogens is 1. The first-order chi connectivity index (χ1) is 16.5. The summed E-state index contributed by atoms with van der Waals surface area (Å²) in [6.07, 6.45) is 1.69. The number of carbonyl (C=O) groups is 1. The van der Waals surface area contributed by atoms with E-state index < -0.39 is 0 Å². The number of hydrogen-bond acceptors (Lipinski definition) is 4. The van der Waals surface area contributed by atoms with E-state index in [2.05, 4.69) is 32.8 Å². The van der Waals surface area contributed by atoms with Gasteiger partial charge in [0.2, 0.25) is 0 Å². The van der Waals surface area contributed by atoms with Crippen LogP contribution in [0.3, 0.4) is 0 Å². The molecule has 1 saturated heterocycles. The molecule has 3 aromatic carbocycles. The molecule has 0 radical (unpaired) electrons. The van der Waals surface area contributed by atoms with Crippen LogP contribution in [0.5, 0.6) is 0 Å². The second kappa shape index (κ2) is 9.27. The van der Waals surface area contributed by atoms with Crippen molar-refractivity contribution < 1.29 is 9.18 Å². The molecule has 174 valence electrons. The highest BCUT2D eigenvalue weighted by Gasteiger charge is 2.30. The summed E-state index contributed by atoms with van der Waals surface area (Å²) in [5, 5.41) is 15.1. The molecular weight excluding hydrogens is 429 g/mol. The molecule has 7 heteroatoms. The van der Waals surface area contributed by atoms with Crippen molar-refractivity contribution in [2.75, 3.05) is 18.9 Å². The molecule has 2 atom stereocenters. The first-order valence-corrected chi connectivity index (χ1v) is 11.6. The van der Waals surface area contributed by atoms with Crippen molar-refractivity contribution in [3.05, 3.63) is 89.4 Å². The molecule has 5 rings (SSSR count). The van der Waals surface area contributed by atoms with Gasteiger partial charge in [-0.1, -0.05) is 24.3 Å². The zero-order valence-corrected chi connectivity index (χ0v) is 19.3. The molecule has 34 heavy (non-hydrogen) atoms. The summed E-state index contributed by atoms with van der Waals surface area (Å²) in [6.45, 7) is 2.74. The summed E-state index contributed by atoms with van der Waals surface area (Å²) >= 11 is 0. The van der Waals surface area contributed by atoms with Crippen LogP contribution in [0, 0.1) is 12.7 Å². The lowest BCUT2D eigenvalue weighted by Gasteiger charge is -2.37. The lowest BCUT2D eigenvalue weighted by atomic mass is 9.93. The number of rotatable bonds is 5. The first kappa shape index (κ1) is 22.1. The summed E-state index contributed by atoms with van der Waals surface area (Å²) in [6, 6.07) is 20.5. The van der Waals surface area contributed by atoms with Crippen LogP contribution in [0.1, 0.15) is 40.5 Å². The van der Waals surface area contributed by atoms with Crippen LogP contribution in [0.2, 0.25) is 0 Å². The topological polar surface area (TPSA) is 73.0 Å². The van der Waals surface area contributed by atoms with Gasteiger partial charge in [0.15, 0.2) is 0 Å². The van der Waals surface area contributed by atoms with Gasteiger partial charge in [0.1, 0.15) is 5.82 Å². The minimum atomic E-state index is -0.282. The van der Waals surface area contributed by atoms with E-state index in [0.717, 1.165) is 47.2 Å². The monoisotopic (exact) mass is 457 g/mol. The molecule has 2 heterocycles. The maximum Gasteiger partial charge on any atom is 0.251 e. The smallest absolute Gasteiger partial charge is 0.251 e. The van der Waals surface area contributed by atoms with Gasteiger partial charge in [0, 0.05) is 29.2 Å². The molecular formula is C27H28FN5O. The van der Waals surface area contributed by atoms with E-state index in [1.54, 1.807) is 6.07 Å². The van der Waals surface area contributed by atoms with E-state index in [4.69, 9.17) is 0 Å². The second-order valence-electron chi connectivity index (χ2n) is 9.03. The lowest BCUT2D eigenvalue weighted by Crippen LogP contribution is -2.45. The number of nitrogens with one attached hydrogen (secondary N) is 3. The van der Waals surface area contributed by atoms with Crippen LogP contribution < -0.4 is 10.6 Å². The van der Waals surface area contributed by atoms with Crippen molar-refractivity contribution >= 4 is 28.2 Å². The van der Waals surface area contributed by atoms with Crippen LogP contribution in [-0.2, 0) is 0 Å². The fraction of sp³-hybridized carbons (Fsp3) is 0.259. The van der Waals surface area contributed by atoms with Gasteiger partial charge in [0.25, 0.3) is 5.91 Å². The third-order valence-corrected chi connectivity index (χ3v) is 6.56. The van der Waals surface area contributed by atoms with Crippen molar-refractivity contribution in [3.63, 3.8) is 0 Å². The average Bonchev–Trinajstić information content (AvgIpc) is 3.26. The molecule has 0 saturated carbocycles. The van der Waals surface area contributed by atoms with Crippen molar-refractivity contribution in [3.8, 4) is 0 Å². The third-order valence-electron chi connectivity index (χ3n) is 6.56. The largest absolute Gasteiger partial charge is 0.353 e. The number of piperidine rings is 1. The maximum absolute atomic E-state index is 14.3. The zero-order chi connectivity index (χ0) is 23.7. The minimum Gasteiger partial charge on any atom is -0.353 e. The predicted molar refractivity (Wildman–Crippen MR) is 133 cm³/mol. The summed E-state index contributed by atoms with van der Waals surface area (Å²) in [5.41, 5.74) is 4.61. The Morgan fingerprint density at radius 1 is 1.12 bits per heavy atom. The van der Waals surface area contributed by atoms with Crippen molar-refractivity contribution in [2.45, 2.75) is 31.8 Å². The molecule has 2 unspecified atom stereocenters. The Morgan fingerprint density at radius 2 is 1.94 bits per heavy atom. The summed E-state index contributed by atoms with van der Waals surface area (Å²) in [7, 11) is 2.10. The number of hydrogen-bond donors (Lipinski definition) is 3. The number of aromatic amines is 1. The van der Waals surface area contributed by atoms with Gasteiger partial charge in [-0.2, -0.15) is 5.10 Å². The van der Waals surface area contributed by atoms with Gasteiger partial charge in [-0.15, -0.1) is 0 Å². The highest BCUT2D eigenvalue weighted by molar-refractivity contribution is 5.94. The zero-order valence-electron chi connectivity index (χ0n) is 19.3. The van der Waals surface area contributed by atoms with E-state index in [0.29, 0.717) is 11.3 Å². The molecule has 1 aliphatic rings. The highest BCUT2D eigenvalue weighted by atomic mass is 19.1. The maximum atomic E-state index is 14.3. The number of aromatic nitrogens is 2. The molecule has 0 aliphatic carbocycles. The summed E-state index contributed by atoms with van der Waals surface area (Å²) < 4.78 is 14.3. The first-order valence-electron chi connectivity index (χ1n) is 11.6. The van der Waals surface area contributed by atoms with Gasteiger partial charge >= 0.3 is 0 Å². The molecule has 0 bridgehead atoms. The SMILES string of the molecule is Cc1ccc(Nc2ccc3c(C4CC(NC(=O)c5ccccc5)CCN4C)[nH]nc3c2)c(F)c1. The standard InChI is InChI=1S/C27H28FN5O/c1-17-8-11-23(22(28)14-17)29-19-9-10-21-24(15-19)31-32-26(21)25-16-20(12-13-33(25)2)30-27(34)18-6-4-3-5-7-18/h3-11,14-15,20,25,29H,12-13,16H2,1-2H3,(H,30,34)(H,31,32). The fourth-order valence-electron chi connectivity index (χ4n) is 4.65. The molecule has 1 amide bonds. The molecule has 1 fully saturated rings. The van der Waals surface area contributed by atoms with Gasteiger partial charge in [-0.25, -0.2) is 4.39 Å². The van der Waals surface area contributed by atoms with E-state index in [1.807, 2.05) is 61.5 Å². The number of fused-ring (bicyclic) bond motifs is 1. The highest BCUT2D eigenvalue weighted by Crippen LogP contribution is 2.34. The number of nitrogens with zero attached hydrogens (tertiary/aromatic N) is 2. The Balaban J connectivity index is 1.34.